The van der Waals surface area contributed by atoms with Crippen molar-refractivity contribution in [2.75, 3.05) is 11.9 Å². The van der Waals surface area contributed by atoms with Gasteiger partial charge in [-0.1, -0.05) is 12.2 Å². The first-order chi connectivity index (χ1) is 9.56. The molecule has 0 radical (unpaired) electrons. The van der Waals surface area contributed by atoms with Crippen LogP contribution >= 0.6 is 12.2 Å². The number of nitrogens with two attached hydrogens (primary N) is 1. The molecule has 1 aromatic carbocycles. The van der Waals surface area contributed by atoms with E-state index in [4.69, 9.17) is 22.7 Å². The Bertz CT molecular complexity index is 623. The average molecular weight is 291 g/mol. The molecule has 1 heterocycles. The van der Waals surface area contributed by atoms with Crippen molar-refractivity contribution < 1.29 is 9.53 Å². The van der Waals surface area contributed by atoms with Gasteiger partial charge in [0.2, 0.25) is 5.95 Å². The summed E-state index contributed by atoms with van der Waals surface area (Å²) >= 11 is 4.85. The number of nitrogens with zero attached hydrogens (tertiary/aromatic N) is 3. The third-order valence-corrected chi connectivity index (χ3v) is 2.71. The fourth-order valence-electron chi connectivity index (χ4n) is 1.43. The van der Waals surface area contributed by atoms with E-state index in [1.807, 2.05) is 0 Å². The Labute approximate surface area is 120 Å². The van der Waals surface area contributed by atoms with Gasteiger partial charge in [-0.25, -0.2) is 4.68 Å². The van der Waals surface area contributed by atoms with Crippen LogP contribution in [0.15, 0.2) is 30.6 Å². The minimum absolute atomic E-state index is 0.126. The predicted octanol–water partition coefficient (Wildman–Crippen LogP) is 0.467. The molecule has 0 aliphatic rings. The van der Waals surface area contributed by atoms with Crippen LogP contribution in [0, 0.1) is 0 Å². The van der Waals surface area contributed by atoms with E-state index in [2.05, 4.69) is 15.4 Å². The topological polar surface area (TPSA) is 95.1 Å². The van der Waals surface area contributed by atoms with Gasteiger partial charge in [0.05, 0.1) is 0 Å². The molecule has 104 valence electrons. The predicted molar refractivity (Wildman–Crippen MR) is 77.5 cm³/mol. The molecule has 8 heteroatoms. The van der Waals surface area contributed by atoms with E-state index < -0.39 is 0 Å². The summed E-state index contributed by atoms with van der Waals surface area (Å²) in [6.07, 6.45) is 1.35. The van der Waals surface area contributed by atoms with Crippen LogP contribution in [0.3, 0.4) is 0 Å². The molecular weight excluding hydrogens is 278 g/mol. The smallest absolute Gasteiger partial charge is 0.264 e. The number of nitrogens with one attached hydrogen (secondary N) is 1. The fraction of sp³-hybridized carbons (Fsp3) is 0.167. The van der Waals surface area contributed by atoms with E-state index in [9.17, 15) is 4.79 Å². The van der Waals surface area contributed by atoms with Crippen LogP contribution in [0.1, 0.15) is 5.56 Å². The lowest BCUT2D eigenvalue weighted by Gasteiger charge is -2.07. The highest BCUT2D eigenvalue weighted by Gasteiger charge is 2.07. The normalized spacial score (nSPS) is 10.1. The molecule has 1 amide bonds. The van der Waals surface area contributed by atoms with Crippen LogP contribution in [0.4, 0.5) is 5.95 Å². The Morgan fingerprint density at radius 3 is 2.70 bits per heavy atom. The third kappa shape index (κ3) is 3.51. The van der Waals surface area contributed by atoms with E-state index in [1.165, 1.54) is 11.0 Å². The van der Waals surface area contributed by atoms with Crippen molar-refractivity contribution in [2.24, 2.45) is 12.8 Å². The largest absolute Gasteiger partial charge is 0.484 e. The molecule has 0 saturated carbocycles. The van der Waals surface area contributed by atoms with Crippen LogP contribution in [0.2, 0.25) is 0 Å². The summed E-state index contributed by atoms with van der Waals surface area (Å²) in [6, 6.07) is 6.87. The van der Waals surface area contributed by atoms with Gasteiger partial charge in [0.15, 0.2) is 6.61 Å². The van der Waals surface area contributed by atoms with Crippen molar-refractivity contribution in [1.29, 1.82) is 0 Å². The lowest BCUT2D eigenvalue weighted by atomic mass is 10.2. The highest BCUT2D eigenvalue weighted by molar-refractivity contribution is 7.80. The van der Waals surface area contributed by atoms with E-state index in [0.717, 1.165) is 5.56 Å². The Balaban J connectivity index is 1.87. The molecule has 0 unspecified atom stereocenters. The van der Waals surface area contributed by atoms with Crippen LogP contribution in [0.25, 0.3) is 0 Å². The monoisotopic (exact) mass is 291 g/mol. The number of rotatable bonds is 5. The Kier molecular flexibility index (Phi) is 4.26. The molecule has 0 spiro atoms. The van der Waals surface area contributed by atoms with Crippen LogP contribution in [-0.4, -0.2) is 32.3 Å². The number of aromatic nitrogens is 3. The summed E-state index contributed by atoms with van der Waals surface area (Å²) < 4.78 is 6.79. The fourth-order valence-corrected chi connectivity index (χ4v) is 1.57. The van der Waals surface area contributed by atoms with Gasteiger partial charge in [0.25, 0.3) is 5.91 Å². The van der Waals surface area contributed by atoms with Crippen molar-refractivity contribution >= 4 is 29.1 Å². The molecule has 0 saturated heterocycles. The average Bonchev–Trinajstić information content (AvgIpc) is 2.82. The summed E-state index contributed by atoms with van der Waals surface area (Å²) in [7, 11) is 1.68. The summed E-state index contributed by atoms with van der Waals surface area (Å²) in [5.74, 6) is 0.597. The molecule has 0 atom stereocenters. The number of benzene rings is 1. The second-order valence-electron chi connectivity index (χ2n) is 3.93. The minimum Gasteiger partial charge on any atom is -0.484 e. The molecule has 0 aliphatic heterocycles. The first-order valence-electron chi connectivity index (χ1n) is 5.73. The molecule has 0 bridgehead atoms. The summed E-state index contributed by atoms with van der Waals surface area (Å²) in [6.45, 7) is -0.126. The quantitative estimate of drug-likeness (QED) is 0.777. The van der Waals surface area contributed by atoms with E-state index >= 15 is 0 Å². The zero-order valence-electron chi connectivity index (χ0n) is 10.7. The highest BCUT2D eigenvalue weighted by atomic mass is 32.1. The maximum absolute atomic E-state index is 11.7. The number of hydrogen-bond donors (Lipinski definition) is 2. The zero-order chi connectivity index (χ0) is 14.5. The molecule has 0 fully saturated rings. The Morgan fingerprint density at radius 2 is 2.15 bits per heavy atom. The van der Waals surface area contributed by atoms with Crippen molar-refractivity contribution in [2.45, 2.75) is 0 Å². The van der Waals surface area contributed by atoms with Gasteiger partial charge in [0.1, 0.15) is 17.1 Å². The van der Waals surface area contributed by atoms with E-state index in [-0.39, 0.29) is 12.5 Å². The highest BCUT2D eigenvalue weighted by Crippen LogP contribution is 2.12. The van der Waals surface area contributed by atoms with Gasteiger partial charge < -0.3 is 10.5 Å². The van der Waals surface area contributed by atoms with Crippen molar-refractivity contribution in [3.8, 4) is 5.75 Å². The number of amides is 1. The number of aryl methyl sites for hydroxylation is 1. The Morgan fingerprint density at radius 1 is 1.45 bits per heavy atom. The molecular formula is C12H13N5O2S. The van der Waals surface area contributed by atoms with Gasteiger partial charge in [-0.05, 0) is 24.3 Å². The maximum atomic E-state index is 11.7. The number of carbonyl (C=O) groups excluding carboxylic acids is 1. The van der Waals surface area contributed by atoms with Crippen molar-refractivity contribution in [3.63, 3.8) is 0 Å². The number of anilines is 1. The van der Waals surface area contributed by atoms with Gasteiger partial charge in [-0.15, -0.1) is 0 Å². The lowest BCUT2D eigenvalue weighted by molar-refractivity contribution is -0.118. The molecule has 7 nitrogen and oxygen atoms in total. The van der Waals surface area contributed by atoms with Gasteiger partial charge in [-0.2, -0.15) is 10.1 Å². The second-order valence-corrected chi connectivity index (χ2v) is 4.37. The second kappa shape index (κ2) is 6.11. The zero-order valence-corrected chi connectivity index (χ0v) is 11.6. The van der Waals surface area contributed by atoms with Crippen molar-refractivity contribution in [1.82, 2.24) is 14.8 Å². The van der Waals surface area contributed by atoms with Crippen molar-refractivity contribution in [3.05, 3.63) is 36.2 Å². The van der Waals surface area contributed by atoms with Crippen LogP contribution < -0.4 is 15.8 Å². The molecule has 0 aliphatic carbocycles. The molecule has 2 aromatic rings. The number of thiocarbonyl (C=S) groups is 1. The minimum atomic E-state index is -0.320. The number of carbonyl (C=O) groups is 1. The van der Waals surface area contributed by atoms with E-state index in [0.29, 0.717) is 16.7 Å². The molecule has 3 N–H and O–H groups in total. The maximum Gasteiger partial charge on any atom is 0.264 e. The molecule has 1 aromatic heterocycles. The number of ether oxygens (including phenoxy) is 1. The van der Waals surface area contributed by atoms with Gasteiger partial charge in [0, 0.05) is 12.6 Å². The summed E-state index contributed by atoms with van der Waals surface area (Å²) in [5, 5.41) is 6.41. The first-order valence-corrected chi connectivity index (χ1v) is 6.13. The SMILES string of the molecule is Cn1ncnc1NC(=O)COc1ccc(C(N)=S)cc1. The van der Waals surface area contributed by atoms with Gasteiger partial charge >= 0.3 is 0 Å². The van der Waals surface area contributed by atoms with Crippen LogP contribution in [-0.2, 0) is 11.8 Å². The van der Waals surface area contributed by atoms with Gasteiger partial charge in [-0.3, -0.25) is 10.1 Å². The Hall–Kier alpha value is -2.48. The molecule has 2 rings (SSSR count). The standard InChI is InChI=1S/C12H13N5O2S/c1-17-12(14-7-15-17)16-10(18)6-19-9-4-2-8(3-5-9)11(13)20/h2-5,7H,6H2,1H3,(H2,13,20)(H,14,15,16,18). The first kappa shape index (κ1) is 13.9. The lowest BCUT2D eigenvalue weighted by Crippen LogP contribution is -2.22. The third-order valence-electron chi connectivity index (χ3n) is 2.47. The number of hydrogen-bond acceptors (Lipinski definition) is 5. The summed E-state index contributed by atoms with van der Waals surface area (Å²) in [5.41, 5.74) is 6.23. The van der Waals surface area contributed by atoms with Crippen LogP contribution in [0.5, 0.6) is 5.75 Å². The van der Waals surface area contributed by atoms with E-state index in [1.54, 1.807) is 31.3 Å². The molecule has 20 heavy (non-hydrogen) atoms. The summed E-state index contributed by atoms with van der Waals surface area (Å²) in [4.78, 5) is 15.8.